The smallest absolute Gasteiger partial charge is 0.423 e. The summed E-state index contributed by atoms with van der Waals surface area (Å²) in [5, 5.41) is 22.9. The summed E-state index contributed by atoms with van der Waals surface area (Å²) in [6, 6.07) is 6.43. The minimum Gasteiger partial charge on any atom is -0.423 e. The summed E-state index contributed by atoms with van der Waals surface area (Å²) in [5.41, 5.74) is -0.161. The lowest BCUT2D eigenvalue weighted by molar-refractivity contribution is 0.155. The van der Waals surface area contributed by atoms with E-state index < -0.39 is 25.2 Å². The van der Waals surface area contributed by atoms with Crippen LogP contribution in [-0.2, 0) is 14.8 Å². The monoisotopic (exact) mass is 446 g/mol. The quantitative estimate of drug-likeness (QED) is 0.343. The molecule has 28 heavy (non-hydrogen) atoms. The molecule has 0 saturated heterocycles. The van der Waals surface area contributed by atoms with Gasteiger partial charge in [-0.25, -0.2) is 12.7 Å². The minimum absolute atomic E-state index is 0.0411. The van der Waals surface area contributed by atoms with Gasteiger partial charge in [0, 0.05) is 20.1 Å². The Bertz CT molecular complexity index is 916. The van der Waals surface area contributed by atoms with Gasteiger partial charge in [0.1, 0.15) is 11.8 Å². The highest BCUT2D eigenvalue weighted by molar-refractivity contribution is 7.93. The van der Waals surface area contributed by atoms with Crippen LogP contribution in [0, 0.1) is 6.92 Å². The van der Waals surface area contributed by atoms with Crippen molar-refractivity contribution >= 4 is 48.1 Å². The highest BCUT2D eigenvalue weighted by Crippen LogP contribution is 2.31. The lowest BCUT2D eigenvalue weighted by atomic mass is 9.80. The maximum Gasteiger partial charge on any atom is 0.489 e. The Morgan fingerprint density at radius 2 is 1.93 bits per heavy atom. The van der Waals surface area contributed by atoms with Crippen LogP contribution in [0.2, 0.25) is 30.7 Å². The molecule has 0 saturated carbocycles. The molecule has 8 nitrogen and oxygen atoms in total. The molecule has 1 heterocycles. The van der Waals surface area contributed by atoms with Gasteiger partial charge in [-0.15, -0.1) is 0 Å². The number of aryl methyl sites for hydroxylation is 1. The summed E-state index contributed by atoms with van der Waals surface area (Å²) in [4.78, 5) is -0.282. The van der Waals surface area contributed by atoms with Gasteiger partial charge in [0.2, 0.25) is 5.82 Å². The van der Waals surface area contributed by atoms with E-state index in [4.69, 9.17) is 20.9 Å². The molecule has 2 N–H and O–H groups in total. The van der Waals surface area contributed by atoms with E-state index >= 15 is 0 Å². The van der Waals surface area contributed by atoms with E-state index in [1.54, 1.807) is 6.92 Å². The predicted octanol–water partition coefficient (Wildman–Crippen LogP) is 1.82. The van der Waals surface area contributed by atoms with Crippen LogP contribution < -0.4 is 9.77 Å². The van der Waals surface area contributed by atoms with Gasteiger partial charge < -0.3 is 19.3 Å². The lowest BCUT2D eigenvalue weighted by Gasteiger charge is -2.24. The van der Waals surface area contributed by atoms with Gasteiger partial charge in [-0.2, -0.15) is 0 Å². The average Bonchev–Trinajstić information content (AvgIpc) is 2.93. The fraction of sp³-hybridized carbons (Fsp3) is 0.438. The first-order chi connectivity index (χ1) is 12.9. The fourth-order valence-electron chi connectivity index (χ4n) is 2.32. The molecule has 12 heteroatoms. The topological polar surface area (TPSA) is 113 Å². The van der Waals surface area contributed by atoms with E-state index in [2.05, 4.69) is 24.8 Å². The summed E-state index contributed by atoms with van der Waals surface area (Å²) >= 11 is 6.17. The Balaban J connectivity index is 2.42. The molecule has 0 radical (unpaired) electrons. The van der Waals surface area contributed by atoms with Crippen molar-refractivity contribution in [3.63, 3.8) is 0 Å². The Morgan fingerprint density at radius 1 is 1.29 bits per heavy atom. The molecular formula is C16H24BClN2O6SSi. The van der Waals surface area contributed by atoms with Gasteiger partial charge in [-0.1, -0.05) is 54.6 Å². The lowest BCUT2D eigenvalue weighted by Crippen LogP contribution is -2.41. The van der Waals surface area contributed by atoms with E-state index in [1.165, 1.54) is 24.3 Å². The maximum atomic E-state index is 13.3. The number of halogens is 1. The van der Waals surface area contributed by atoms with E-state index in [9.17, 15) is 18.5 Å². The van der Waals surface area contributed by atoms with Crippen molar-refractivity contribution in [2.75, 3.05) is 17.6 Å². The molecule has 0 amide bonds. The van der Waals surface area contributed by atoms with Gasteiger partial charge in [-0.05, 0) is 19.0 Å². The number of rotatable bonds is 9. The first-order valence-electron chi connectivity index (χ1n) is 8.62. The molecule has 0 bridgehead atoms. The summed E-state index contributed by atoms with van der Waals surface area (Å²) in [7, 11) is -7.59. The third kappa shape index (κ3) is 5.37. The molecule has 154 valence electrons. The van der Waals surface area contributed by atoms with Crippen LogP contribution in [-0.4, -0.2) is 52.2 Å². The first-order valence-corrected chi connectivity index (χ1v) is 14.1. The summed E-state index contributed by atoms with van der Waals surface area (Å²) < 4.78 is 38.1. The van der Waals surface area contributed by atoms with Crippen LogP contribution in [0.5, 0.6) is 0 Å². The minimum atomic E-state index is -4.26. The van der Waals surface area contributed by atoms with Gasteiger partial charge >= 0.3 is 7.12 Å². The van der Waals surface area contributed by atoms with E-state index in [0.29, 0.717) is 6.61 Å². The van der Waals surface area contributed by atoms with Crippen molar-refractivity contribution in [2.24, 2.45) is 0 Å². The molecule has 2 rings (SSSR count). The number of anilines is 1. The Labute approximate surface area is 171 Å². The molecule has 0 fully saturated rings. The molecule has 1 aromatic carbocycles. The second-order valence-electron chi connectivity index (χ2n) is 7.49. The first kappa shape index (κ1) is 22.9. The zero-order valence-corrected chi connectivity index (χ0v) is 18.8. The second-order valence-corrected chi connectivity index (χ2v) is 15.3. The zero-order valence-electron chi connectivity index (χ0n) is 16.2. The van der Waals surface area contributed by atoms with E-state index in [1.807, 2.05) is 0 Å². The molecule has 1 aromatic heterocycles. The van der Waals surface area contributed by atoms with E-state index in [0.717, 1.165) is 10.3 Å². The Morgan fingerprint density at radius 3 is 2.46 bits per heavy atom. The normalized spacial score (nSPS) is 12.2. The number of benzene rings is 1. The number of nitrogens with zero attached hydrogens (tertiary/aromatic N) is 2. The SMILES string of the molecule is Cc1onc(N(COCC[Si](C)(C)C)S(=O)(=O)c2ccccc2B(O)O)c1Cl. The van der Waals surface area contributed by atoms with Crippen molar-refractivity contribution in [1.82, 2.24) is 5.16 Å². The molecule has 0 atom stereocenters. The average molecular weight is 447 g/mol. The number of hydrogen-bond donors (Lipinski definition) is 2. The third-order valence-corrected chi connectivity index (χ3v) is 7.91. The molecule has 2 aromatic rings. The fourth-order valence-corrected chi connectivity index (χ4v) is 4.82. The van der Waals surface area contributed by atoms with Crippen LogP contribution in [0.25, 0.3) is 0 Å². The number of hydrogen-bond acceptors (Lipinski definition) is 7. The number of aromatic nitrogens is 1. The van der Waals surface area contributed by atoms with Crippen molar-refractivity contribution in [3.8, 4) is 0 Å². The summed E-state index contributed by atoms with van der Waals surface area (Å²) in [5.74, 6) is 0.142. The van der Waals surface area contributed by atoms with Crippen molar-refractivity contribution in [1.29, 1.82) is 0 Å². The van der Waals surface area contributed by atoms with Gasteiger partial charge in [0.05, 0.1) is 4.90 Å². The van der Waals surface area contributed by atoms with Gasteiger partial charge in [0.25, 0.3) is 10.0 Å². The predicted molar refractivity (Wildman–Crippen MR) is 111 cm³/mol. The van der Waals surface area contributed by atoms with E-state index in [-0.39, 0.29) is 33.7 Å². The third-order valence-electron chi connectivity index (χ3n) is 3.98. The van der Waals surface area contributed by atoms with Crippen LogP contribution in [0.3, 0.4) is 0 Å². The Hall–Kier alpha value is -1.37. The molecule has 0 aliphatic rings. The van der Waals surface area contributed by atoms with Crippen LogP contribution in [0.4, 0.5) is 5.82 Å². The number of ether oxygens (including phenoxy) is 1. The summed E-state index contributed by atoms with van der Waals surface area (Å²) in [6.07, 6.45) is 0. The van der Waals surface area contributed by atoms with Crippen molar-refractivity contribution < 1.29 is 27.7 Å². The number of sulfonamides is 1. The van der Waals surface area contributed by atoms with Crippen LogP contribution in [0.15, 0.2) is 33.7 Å². The Kier molecular flexibility index (Phi) is 7.34. The molecule has 0 aliphatic heterocycles. The molecule has 0 spiro atoms. The largest absolute Gasteiger partial charge is 0.489 e. The van der Waals surface area contributed by atoms with Gasteiger partial charge in [-0.3, -0.25) is 0 Å². The summed E-state index contributed by atoms with van der Waals surface area (Å²) in [6.45, 7) is 8.14. The second kappa shape index (κ2) is 8.97. The van der Waals surface area contributed by atoms with Crippen LogP contribution in [0.1, 0.15) is 5.76 Å². The molecule has 0 unspecified atom stereocenters. The van der Waals surface area contributed by atoms with Crippen molar-refractivity contribution in [3.05, 3.63) is 35.0 Å². The van der Waals surface area contributed by atoms with Crippen LogP contribution >= 0.6 is 11.6 Å². The van der Waals surface area contributed by atoms with Crippen molar-refractivity contribution in [2.45, 2.75) is 37.5 Å². The molecule has 0 aliphatic carbocycles. The highest BCUT2D eigenvalue weighted by Gasteiger charge is 2.34. The van der Waals surface area contributed by atoms with Gasteiger partial charge in [0.15, 0.2) is 5.76 Å². The zero-order chi connectivity index (χ0) is 21.1. The maximum absolute atomic E-state index is 13.3. The highest BCUT2D eigenvalue weighted by atomic mass is 35.5. The molecular weight excluding hydrogens is 423 g/mol. The standard InChI is InChI=1S/C16H24BClN2O6SSi/c1-12-15(18)16(19-26-12)20(11-25-9-10-28(2,3)4)27(23,24)14-8-6-5-7-13(14)17(21)22/h5-8,21-22H,9-11H2,1-4H3.